The minimum atomic E-state index is -0.693. The fraction of sp³-hybridized carbons (Fsp3) is 0.419. The van der Waals surface area contributed by atoms with Gasteiger partial charge in [0.1, 0.15) is 17.1 Å². The standard InChI is InChI=1S/C31H33ClN8O3S/c32-26-19(36-28(42)25-20(18-41)39-13-2-1-8-24(39)37-29(25)43)5-3-6-21(26)44-22-17-35-30(40-16-12-34-27(22)40)38-14-10-31(11-15-38)9-4-7-23(31)33/h3,5-6,12,16-17,23,43H,1-2,4,7-11,13-15,33H2,(H,36,42). The van der Waals surface area contributed by atoms with Crippen molar-refractivity contribution in [3.8, 4) is 0 Å². The summed E-state index contributed by atoms with van der Waals surface area (Å²) in [6.07, 6.45) is 13.5. The highest BCUT2D eigenvalue weighted by molar-refractivity contribution is 7.99. The van der Waals surface area contributed by atoms with Crippen LogP contribution in [0.15, 0.2) is 68.7 Å². The minimum absolute atomic E-state index is 0.0193. The molecule has 1 amide bonds. The fourth-order valence-corrected chi connectivity index (χ4v) is 8.25. The Bertz CT molecular complexity index is 1760. The van der Waals surface area contributed by atoms with Gasteiger partial charge in [-0.3, -0.25) is 9.20 Å². The number of fused-ring (bicyclic) bond motifs is 2. The number of rotatable bonds is 5. The third-order valence-electron chi connectivity index (χ3n) is 9.46. The number of halogens is 1. The van der Waals surface area contributed by atoms with Gasteiger partial charge in [-0.05, 0) is 56.1 Å². The average Bonchev–Trinajstić information content (AvgIpc) is 3.66. The molecule has 1 aliphatic carbocycles. The highest BCUT2D eigenvalue weighted by Gasteiger charge is 2.43. The summed E-state index contributed by atoms with van der Waals surface area (Å²) in [6.45, 7) is 2.35. The number of hydrogen-bond donors (Lipinski definition) is 3. The summed E-state index contributed by atoms with van der Waals surface area (Å²) in [5.41, 5.74) is 7.61. The number of amides is 1. The number of anilines is 2. The Morgan fingerprint density at radius 2 is 1.98 bits per heavy atom. The molecule has 1 spiro atoms. The molecular formula is C31H33ClN8O3S. The number of imidazole rings is 1. The zero-order valence-electron chi connectivity index (χ0n) is 24.1. The van der Waals surface area contributed by atoms with Crippen molar-refractivity contribution in [2.24, 2.45) is 16.1 Å². The van der Waals surface area contributed by atoms with E-state index in [0.29, 0.717) is 40.4 Å². The zero-order chi connectivity index (χ0) is 30.4. The third kappa shape index (κ3) is 4.95. The zero-order valence-corrected chi connectivity index (χ0v) is 25.7. The molecule has 228 valence electrons. The summed E-state index contributed by atoms with van der Waals surface area (Å²) < 4.78 is 2.01. The van der Waals surface area contributed by atoms with E-state index >= 15 is 0 Å². The van der Waals surface area contributed by atoms with Crippen molar-refractivity contribution in [3.63, 3.8) is 0 Å². The van der Waals surface area contributed by atoms with Gasteiger partial charge in [-0.25, -0.2) is 14.8 Å². The molecule has 1 aromatic carbocycles. The van der Waals surface area contributed by atoms with E-state index in [2.05, 4.69) is 20.2 Å². The lowest BCUT2D eigenvalue weighted by Gasteiger charge is -2.42. The number of aromatic nitrogens is 3. The molecule has 11 nitrogen and oxygen atoms in total. The smallest absolute Gasteiger partial charge is 0.264 e. The number of benzene rings is 1. The highest BCUT2D eigenvalue weighted by atomic mass is 35.5. The first-order valence-electron chi connectivity index (χ1n) is 15.0. The number of aliphatic imine (C=N–C) groups is 1. The van der Waals surface area contributed by atoms with Crippen molar-refractivity contribution >= 4 is 58.3 Å². The number of carbonyl (C=O) groups excluding carboxylic acids is 2. The van der Waals surface area contributed by atoms with Crippen LogP contribution >= 0.6 is 23.4 Å². The van der Waals surface area contributed by atoms with Crippen LogP contribution in [0.3, 0.4) is 0 Å². The molecule has 1 unspecified atom stereocenters. The summed E-state index contributed by atoms with van der Waals surface area (Å²) in [4.78, 5) is 44.4. The van der Waals surface area contributed by atoms with Crippen LogP contribution in [0.4, 0.5) is 11.6 Å². The second-order valence-electron chi connectivity index (χ2n) is 11.9. The second kappa shape index (κ2) is 11.6. The van der Waals surface area contributed by atoms with Gasteiger partial charge < -0.3 is 26.0 Å². The van der Waals surface area contributed by atoms with Crippen molar-refractivity contribution in [3.05, 3.63) is 59.0 Å². The van der Waals surface area contributed by atoms with Gasteiger partial charge in [0, 0.05) is 55.6 Å². The van der Waals surface area contributed by atoms with Crippen LogP contribution in [-0.2, 0) is 9.59 Å². The van der Waals surface area contributed by atoms with E-state index in [1.54, 1.807) is 23.2 Å². The predicted molar refractivity (Wildman–Crippen MR) is 170 cm³/mol. The molecule has 0 radical (unpaired) electrons. The lowest BCUT2D eigenvalue weighted by molar-refractivity contribution is -0.112. The van der Waals surface area contributed by atoms with Gasteiger partial charge in [0.25, 0.3) is 5.91 Å². The number of amidine groups is 1. The SMILES string of the molecule is NC1CCCC12CCN(c1ncc(Sc3cccc(NC(=O)C4=C(O)N=C5CCCCN5C4=C=O)c3Cl)c3nccn13)CC2. The van der Waals surface area contributed by atoms with Crippen LogP contribution in [-0.4, -0.2) is 67.7 Å². The number of nitrogens with two attached hydrogens (primary N) is 1. The number of piperidine rings is 2. The Hall–Kier alpha value is -3.83. The van der Waals surface area contributed by atoms with Crippen LogP contribution in [0.25, 0.3) is 5.65 Å². The van der Waals surface area contributed by atoms with E-state index in [0.717, 1.165) is 61.7 Å². The molecule has 2 saturated heterocycles. The van der Waals surface area contributed by atoms with Gasteiger partial charge in [0.15, 0.2) is 11.6 Å². The van der Waals surface area contributed by atoms with E-state index in [9.17, 15) is 14.7 Å². The summed E-state index contributed by atoms with van der Waals surface area (Å²) >= 11 is 8.20. The van der Waals surface area contributed by atoms with E-state index in [4.69, 9.17) is 22.3 Å². The maximum atomic E-state index is 13.3. The Kier molecular flexibility index (Phi) is 7.62. The molecule has 1 saturated carbocycles. The first-order chi connectivity index (χ1) is 21.4. The molecule has 3 aliphatic heterocycles. The maximum absolute atomic E-state index is 13.3. The molecule has 5 heterocycles. The van der Waals surface area contributed by atoms with Crippen molar-refractivity contribution < 1.29 is 14.7 Å². The predicted octanol–water partition coefficient (Wildman–Crippen LogP) is 4.95. The van der Waals surface area contributed by atoms with E-state index in [1.807, 2.05) is 28.8 Å². The van der Waals surface area contributed by atoms with Crippen LogP contribution < -0.4 is 16.0 Å². The number of nitrogens with one attached hydrogen (secondary N) is 1. The molecule has 1 atom stereocenters. The van der Waals surface area contributed by atoms with Crippen LogP contribution in [0, 0.1) is 5.41 Å². The normalized spacial score (nSPS) is 21.5. The van der Waals surface area contributed by atoms with Gasteiger partial charge in [0.2, 0.25) is 11.8 Å². The Labute approximate surface area is 263 Å². The molecule has 44 heavy (non-hydrogen) atoms. The van der Waals surface area contributed by atoms with Gasteiger partial charge in [-0.15, -0.1) is 0 Å². The highest BCUT2D eigenvalue weighted by Crippen LogP contribution is 2.46. The first kappa shape index (κ1) is 28.9. The number of nitrogens with zero attached hydrogens (tertiary/aromatic N) is 6. The van der Waals surface area contributed by atoms with E-state index in [1.165, 1.54) is 24.6 Å². The monoisotopic (exact) mass is 632 g/mol. The van der Waals surface area contributed by atoms with Gasteiger partial charge in [-0.2, -0.15) is 4.99 Å². The van der Waals surface area contributed by atoms with Gasteiger partial charge in [0.05, 0.1) is 15.6 Å². The lowest BCUT2D eigenvalue weighted by atomic mass is 9.74. The van der Waals surface area contributed by atoms with Crippen molar-refractivity contribution in [2.45, 2.75) is 67.2 Å². The van der Waals surface area contributed by atoms with E-state index < -0.39 is 11.8 Å². The average molecular weight is 633 g/mol. The molecule has 4 aliphatic rings. The van der Waals surface area contributed by atoms with Gasteiger partial charge >= 0.3 is 0 Å². The van der Waals surface area contributed by atoms with Gasteiger partial charge in [-0.1, -0.05) is 35.9 Å². The lowest BCUT2D eigenvalue weighted by Crippen LogP contribution is -2.47. The van der Waals surface area contributed by atoms with E-state index in [-0.39, 0.29) is 16.7 Å². The Morgan fingerprint density at radius 1 is 1.14 bits per heavy atom. The topological polar surface area (TPSA) is 141 Å². The Balaban J connectivity index is 1.11. The number of aliphatic hydroxyl groups is 1. The Morgan fingerprint density at radius 3 is 2.75 bits per heavy atom. The largest absolute Gasteiger partial charge is 0.493 e. The molecule has 2 aromatic heterocycles. The summed E-state index contributed by atoms with van der Waals surface area (Å²) in [5.74, 6) is 2.06. The molecule has 3 fully saturated rings. The second-order valence-corrected chi connectivity index (χ2v) is 13.3. The van der Waals surface area contributed by atoms with Crippen molar-refractivity contribution in [1.29, 1.82) is 0 Å². The summed E-state index contributed by atoms with van der Waals surface area (Å²) in [7, 11) is 0. The molecule has 0 bridgehead atoms. The summed E-state index contributed by atoms with van der Waals surface area (Å²) in [5, 5.41) is 13.6. The molecule has 4 N–H and O–H groups in total. The van der Waals surface area contributed by atoms with Crippen LogP contribution in [0.5, 0.6) is 0 Å². The molecular weight excluding hydrogens is 600 g/mol. The first-order valence-corrected chi connectivity index (χ1v) is 16.2. The van der Waals surface area contributed by atoms with Crippen molar-refractivity contribution in [1.82, 2.24) is 19.3 Å². The minimum Gasteiger partial charge on any atom is -0.493 e. The molecule has 7 rings (SSSR count). The number of carbonyl (C=O) groups is 1. The number of hydrogen-bond acceptors (Lipinski definition) is 10. The van der Waals surface area contributed by atoms with Crippen LogP contribution in [0.2, 0.25) is 5.02 Å². The summed E-state index contributed by atoms with van der Waals surface area (Å²) in [6, 6.07) is 5.58. The molecule has 3 aromatic rings. The quantitative estimate of drug-likeness (QED) is 0.333. The third-order valence-corrected chi connectivity index (χ3v) is 11.0. The van der Waals surface area contributed by atoms with Crippen LogP contribution in [0.1, 0.15) is 51.4 Å². The molecule has 13 heteroatoms. The fourth-order valence-electron chi connectivity index (χ4n) is 7.03. The maximum Gasteiger partial charge on any atom is 0.264 e. The number of aliphatic hydroxyl groups excluding tert-OH is 1. The van der Waals surface area contributed by atoms with Crippen molar-refractivity contribution in [2.75, 3.05) is 29.9 Å².